The average Bonchev–Trinajstić information content (AvgIpc) is 3.25. The maximum absolute atomic E-state index is 6.29. The first-order valence-corrected chi connectivity index (χ1v) is 7.46. The van der Waals surface area contributed by atoms with Gasteiger partial charge in [0.25, 0.3) is 0 Å². The summed E-state index contributed by atoms with van der Waals surface area (Å²) in [5.41, 5.74) is 1.14. The van der Waals surface area contributed by atoms with Crippen LogP contribution in [-0.2, 0) is 11.3 Å². The number of hydrogen-bond donors (Lipinski definition) is 1. The first kappa shape index (κ1) is 13.2. The third kappa shape index (κ3) is 3.62. The fourth-order valence-corrected chi connectivity index (χ4v) is 2.58. The van der Waals surface area contributed by atoms with Gasteiger partial charge in [-0.15, -0.1) is 0 Å². The topological polar surface area (TPSA) is 30.5 Å². The molecule has 0 aromatic heterocycles. The van der Waals surface area contributed by atoms with Crippen LogP contribution in [0, 0.1) is 0 Å². The number of rotatable bonds is 5. The summed E-state index contributed by atoms with van der Waals surface area (Å²) < 4.78 is 11.5. The molecule has 0 radical (unpaired) electrons. The van der Waals surface area contributed by atoms with E-state index < -0.39 is 0 Å². The molecule has 3 nitrogen and oxygen atoms in total. The summed E-state index contributed by atoms with van der Waals surface area (Å²) in [6.07, 6.45) is 4.81. The normalized spacial score (nSPS) is 23.3. The van der Waals surface area contributed by atoms with E-state index in [4.69, 9.17) is 21.1 Å². The number of halogens is 1. The van der Waals surface area contributed by atoms with Crippen molar-refractivity contribution in [2.45, 2.75) is 44.4 Å². The van der Waals surface area contributed by atoms with Gasteiger partial charge < -0.3 is 14.8 Å². The fraction of sp³-hybridized carbons (Fsp3) is 0.600. The third-order valence-corrected chi connectivity index (χ3v) is 3.91. The molecule has 1 saturated carbocycles. The van der Waals surface area contributed by atoms with Crippen LogP contribution >= 0.6 is 11.6 Å². The van der Waals surface area contributed by atoms with Crippen molar-refractivity contribution in [2.24, 2.45) is 0 Å². The summed E-state index contributed by atoms with van der Waals surface area (Å²) in [4.78, 5) is 0. The lowest BCUT2D eigenvalue weighted by Gasteiger charge is -2.25. The van der Waals surface area contributed by atoms with Gasteiger partial charge in [0.15, 0.2) is 0 Å². The van der Waals surface area contributed by atoms with Crippen LogP contribution in [-0.4, -0.2) is 25.4 Å². The van der Waals surface area contributed by atoms with E-state index in [0.717, 1.165) is 37.3 Å². The highest BCUT2D eigenvalue weighted by molar-refractivity contribution is 6.32. The van der Waals surface area contributed by atoms with Crippen LogP contribution in [0.1, 0.15) is 31.2 Å². The molecule has 1 aliphatic heterocycles. The lowest BCUT2D eigenvalue weighted by atomic mass is 10.1. The summed E-state index contributed by atoms with van der Waals surface area (Å²) in [5.74, 6) is 0.827. The lowest BCUT2D eigenvalue weighted by Crippen LogP contribution is -2.28. The minimum atomic E-state index is 0.133. The largest absolute Gasteiger partial charge is 0.486 e. The van der Waals surface area contributed by atoms with E-state index in [9.17, 15) is 0 Å². The van der Waals surface area contributed by atoms with E-state index in [1.165, 1.54) is 12.8 Å². The molecule has 1 N–H and O–H groups in total. The van der Waals surface area contributed by atoms with Crippen LogP contribution in [0.25, 0.3) is 0 Å². The van der Waals surface area contributed by atoms with Crippen molar-refractivity contribution in [1.82, 2.24) is 5.32 Å². The minimum Gasteiger partial charge on any atom is -0.486 e. The summed E-state index contributed by atoms with van der Waals surface area (Å²) >= 11 is 6.29. The number of para-hydroxylation sites is 1. The molecular weight excluding hydrogens is 262 g/mol. The van der Waals surface area contributed by atoms with Gasteiger partial charge in [0.05, 0.1) is 11.6 Å². The predicted octanol–water partition coefficient (Wildman–Crippen LogP) is 3.15. The second-order valence-electron chi connectivity index (χ2n) is 5.34. The van der Waals surface area contributed by atoms with Crippen molar-refractivity contribution in [3.63, 3.8) is 0 Å². The molecule has 1 atom stereocenters. The minimum absolute atomic E-state index is 0.133. The molecule has 1 aliphatic carbocycles. The Labute approximate surface area is 119 Å². The third-order valence-electron chi connectivity index (χ3n) is 3.61. The van der Waals surface area contributed by atoms with Crippen molar-refractivity contribution in [3.05, 3.63) is 28.8 Å². The van der Waals surface area contributed by atoms with Crippen molar-refractivity contribution < 1.29 is 9.47 Å². The monoisotopic (exact) mass is 281 g/mol. The molecule has 1 heterocycles. The quantitative estimate of drug-likeness (QED) is 0.899. The molecule has 0 spiro atoms. The highest BCUT2D eigenvalue weighted by Gasteiger charge is 2.22. The summed E-state index contributed by atoms with van der Waals surface area (Å²) in [7, 11) is 0. The van der Waals surface area contributed by atoms with Gasteiger partial charge in [0.1, 0.15) is 11.9 Å². The predicted molar refractivity (Wildman–Crippen MR) is 75.8 cm³/mol. The van der Waals surface area contributed by atoms with Gasteiger partial charge in [-0.2, -0.15) is 0 Å². The van der Waals surface area contributed by atoms with Gasteiger partial charge in [0.2, 0.25) is 0 Å². The standard InChI is InChI=1S/C15H20ClNO2/c16-14-5-1-3-11(9-17-12-6-7-12)15(14)19-13-4-2-8-18-10-13/h1,3,5,12-13,17H,2,4,6-10H2. The number of nitrogens with one attached hydrogen (secondary N) is 1. The number of ether oxygens (including phenoxy) is 2. The maximum atomic E-state index is 6.29. The summed E-state index contributed by atoms with van der Waals surface area (Å²) in [6.45, 7) is 2.34. The summed E-state index contributed by atoms with van der Waals surface area (Å²) in [5, 5.41) is 4.20. The van der Waals surface area contributed by atoms with Crippen LogP contribution < -0.4 is 10.1 Å². The molecule has 4 heteroatoms. The van der Waals surface area contributed by atoms with E-state index in [2.05, 4.69) is 11.4 Å². The zero-order valence-corrected chi connectivity index (χ0v) is 11.8. The van der Waals surface area contributed by atoms with Crippen molar-refractivity contribution in [1.29, 1.82) is 0 Å². The van der Waals surface area contributed by atoms with Gasteiger partial charge >= 0.3 is 0 Å². The molecule has 0 bridgehead atoms. The first-order chi connectivity index (χ1) is 9.33. The molecule has 19 heavy (non-hydrogen) atoms. The zero-order chi connectivity index (χ0) is 13.1. The Kier molecular flexibility index (Phi) is 4.26. The van der Waals surface area contributed by atoms with Crippen molar-refractivity contribution in [2.75, 3.05) is 13.2 Å². The molecule has 1 aromatic rings. The maximum Gasteiger partial charge on any atom is 0.142 e. The van der Waals surface area contributed by atoms with Gasteiger partial charge in [-0.1, -0.05) is 23.7 Å². The van der Waals surface area contributed by atoms with Crippen LogP contribution in [0.5, 0.6) is 5.75 Å². The Bertz CT molecular complexity index is 428. The highest BCUT2D eigenvalue weighted by atomic mass is 35.5. The van der Waals surface area contributed by atoms with Crippen LogP contribution in [0.2, 0.25) is 5.02 Å². The Morgan fingerprint density at radius 3 is 2.95 bits per heavy atom. The summed E-state index contributed by atoms with van der Waals surface area (Å²) in [6, 6.07) is 6.64. The second-order valence-corrected chi connectivity index (χ2v) is 5.75. The molecular formula is C15H20ClNO2. The molecule has 0 amide bonds. The number of benzene rings is 1. The van der Waals surface area contributed by atoms with Crippen LogP contribution in [0.4, 0.5) is 0 Å². The molecule has 1 unspecified atom stereocenters. The van der Waals surface area contributed by atoms with E-state index in [-0.39, 0.29) is 6.10 Å². The van der Waals surface area contributed by atoms with Gasteiger partial charge in [-0.25, -0.2) is 0 Å². The van der Waals surface area contributed by atoms with Gasteiger partial charge in [-0.05, 0) is 31.7 Å². The Balaban J connectivity index is 1.69. The number of hydrogen-bond acceptors (Lipinski definition) is 3. The SMILES string of the molecule is Clc1cccc(CNC2CC2)c1OC1CCCOC1. The Morgan fingerprint density at radius 2 is 2.21 bits per heavy atom. The Morgan fingerprint density at radius 1 is 1.32 bits per heavy atom. The second kappa shape index (κ2) is 6.12. The highest BCUT2D eigenvalue weighted by Crippen LogP contribution is 2.31. The molecule has 3 rings (SSSR count). The van der Waals surface area contributed by atoms with Crippen molar-refractivity contribution in [3.8, 4) is 5.75 Å². The molecule has 1 aromatic carbocycles. The zero-order valence-electron chi connectivity index (χ0n) is 11.0. The van der Waals surface area contributed by atoms with E-state index >= 15 is 0 Å². The molecule has 1 saturated heterocycles. The van der Waals surface area contributed by atoms with Gasteiger partial charge in [-0.3, -0.25) is 0 Å². The van der Waals surface area contributed by atoms with Crippen molar-refractivity contribution >= 4 is 11.6 Å². The fourth-order valence-electron chi connectivity index (χ4n) is 2.34. The van der Waals surface area contributed by atoms with Crippen LogP contribution in [0.3, 0.4) is 0 Å². The molecule has 104 valence electrons. The van der Waals surface area contributed by atoms with E-state index in [1.54, 1.807) is 0 Å². The van der Waals surface area contributed by atoms with E-state index in [0.29, 0.717) is 17.7 Å². The molecule has 2 fully saturated rings. The lowest BCUT2D eigenvalue weighted by molar-refractivity contribution is 0.00705. The van der Waals surface area contributed by atoms with Crippen LogP contribution in [0.15, 0.2) is 18.2 Å². The first-order valence-electron chi connectivity index (χ1n) is 7.08. The van der Waals surface area contributed by atoms with Gasteiger partial charge in [0, 0.05) is 24.8 Å². The Hall–Kier alpha value is -0.770. The smallest absolute Gasteiger partial charge is 0.142 e. The average molecular weight is 282 g/mol. The van der Waals surface area contributed by atoms with E-state index in [1.807, 2.05) is 12.1 Å². The molecule has 2 aliphatic rings.